The summed E-state index contributed by atoms with van der Waals surface area (Å²) < 4.78 is 3.93. The van der Waals surface area contributed by atoms with Crippen LogP contribution in [0.1, 0.15) is 73.6 Å². The molecule has 2 heteroatoms. The van der Waals surface area contributed by atoms with Crippen LogP contribution in [-0.2, 0) is 11.8 Å². The Morgan fingerprint density at radius 2 is 1.55 bits per heavy atom. The van der Waals surface area contributed by atoms with Crippen LogP contribution in [0.15, 0.2) is 115 Å². The Labute approximate surface area is 303 Å². The lowest BCUT2D eigenvalue weighted by Gasteiger charge is -2.24. The number of aryl methyl sites for hydroxylation is 1. The second-order valence-electron chi connectivity index (χ2n) is 14.7. The Morgan fingerprint density at radius 3 is 2.45 bits per heavy atom. The van der Waals surface area contributed by atoms with Gasteiger partial charge in [0.2, 0.25) is 0 Å². The number of nitrogens with zero attached hydrogens (tertiary/aromatic N) is 1. The molecule has 6 aromatic carbocycles. The summed E-state index contributed by atoms with van der Waals surface area (Å²) in [4.78, 5) is 1.55. The highest BCUT2D eigenvalue weighted by Gasteiger charge is 2.38. The zero-order valence-corrected chi connectivity index (χ0v) is 30.6. The first-order valence-electron chi connectivity index (χ1n) is 18.7. The van der Waals surface area contributed by atoms with E-state index < -0.39 is 0 Å². The molecule has 1 unspecified atom stereocenters. The van der Waals surface area contributed by atoms with Crippen LogP contribution in [0.5, 0.6) is 0 Å². The minimum atomic E-state index is -0.0961. The summed E-state index contributed by atoms with van der Waals surface area (Å²) in [6.07, 6.45) is 13.0. The third kappa shape index (κ3) is 4.39. The van der Waals surface area contributed by atoms with Crippen molar-refractivity contribution in [1.82, 2.24) is 4.57 Å². The molecular weight excluding hydrogens is 635 g/mol. The van der Waals surface area contributed by atoms with Crippen molar-refractivity contribution in [1.29, 1.82) is 0 Å². The fraction of sp³-hybridized carbons (Fsp3) is 0.184. The van der Waals surface area contributed by atoms with Crippen LogP contribution in [0.2, 0.25) is 0 Å². The first kappa shape index (κ1) is 30.6. The van der Waals surface area contributed by atoms with Gasteiger partial charge in [0.1, 0.15) is 0 Å². The summed E-state index contributed by atoms with van der Waals surface area (Å²) in [5.74, 6) is 0.356. The minimum Gasteiger partial charge on any atom is -0.309 e. The average molecular weight is 676 g/mol. The van der Waals surface area contributed by atoms with Crippen LogP contribution < -0.4 is 10.4 Å². The van der Waals surface area contributed by atoms with Gasteiger partial charge in [-0.25, -0.2) is 0 Å². The number of fused-ring (bicyclic) bond motifs is 13. The number of allylic oxidation sites excluding steroid dienone is 1. The van der Waals surface area contributed by atoms with E-state index in [1.54, 1.807) is 4.88 Å². The van der Waals surface area contributed by atoms with Gasteiger partial charge in [0.25, 0.3) is 0 Å². The van der Waals surface area contributed by atoms with Gasteiger partial charge in [0.05, 0.1) is 11.0 Å². The summed E-state index contributed by atoms with van der Waals surface area (Å²) in [7, 11) is 0. The summed E-state index contributed by atoms with van der Waals surface area (Å²) in [6, 6.07) is 41.5. The van der Waals surface area contributed by atoms with Crippen LogP contribution in [-0.4, -0.2) is 4.57 Å². The third-order valence-corrected chi connectivity index (χ3v) is 13.0. The van der Waals surface area contributed by atoms with Gasteiger partial charge in [-0.05, 0) is 110 Å². The van der Waals surface area contributed by atoms with Gasteiger partial charge < -0.3 is 4.57 Å². The highest BCUT2D eigenvalue weighted by Crippen LogP contribution is 2.54. The molecule has 0 aliphatic heterocycles. The topological polar surface area (TPSA) is 4.93 Å². The van der Waals surface area contributed by atoms with Crippen LogP contribution in [0.25, 0.3) is 77.7 Å². The van der Waals surface area contributed by atoms with Crippen molar-refractivity contribution in [2.24, 2.45) is 0 Å². The molecule has 1 atom stereocenters. The number of hydrogen-bond acceptors (Lipinski definition) is 1. The third-order valence-electron chi connectivity index (χ3n) is 11.7. The summed E-state index contributed by atoms with van der Waals surface area (Å²) in [5, 5.41) is 9.51. The van der Waals surface area contributed by atoms with E-state index >= 15 is 0 Å². The first-order chi connectivity index (χ1) is 25.0. The highest BCUT2D eigenvalue weighted by atomic mass is 32.1. The molecule has 3 aliphatic rings. The predicted molar refractivity (Wildman–Crippen MR) is 222 cm³/mol. The summed E-state index contributed by atoms with van der Waals surface area (Å²) in [6.45, 7) is 8.88. The Kier molecular flexibility index (Phi) is 6.86. The lowest BCUT2D eigenvalue weighted by Crippen LogP contribution is -2.29. The van der Waals surface area contributed by atoms with Crippen molar-refractivity contribution >= 4 is 72.2 Å². The molecule has 2 heterocycles. The molecule has 11 rings (SSSR count). The second-order valence-corrected chi connectivity index (χ2v) is 15.9. The normalized spacial score (nSPS) is 16.6. The molecule has 8 aromatic rings. The number of thiophene rings is 1. The van der Waals surface area contributed by atoms with Gasteiger partial charge in [-0.15, -0.1) is 11.3 Å². The Bertz CT molecular complexity index is 2890. The van der Waals surface area contributed by atoms with Crippen LogP contribution in [0, 0.1) is 0 Å². The van der Waals surface area contributed by atoms with Crippen molar-refractivity contribution in [3.63, 3.8) is 0 Å². The monoisotopic (exact) mass is 675 g/mol. The molecule has 0 fully saturated rings. The maximum Gasteiger partial charge on any atom is 0.0541 e. The second kappa shape index (κ2) is 11.4. The fourth-order valence-corrected chi connectivity index (χ4v) is 10.6. The van der Waals surface area contributed by atoms with Gasteiger partial charge in [0.15, 0.2) is 0 Å². The largest absolute Gasteiger partial charge is 0.309 e. The highest BCUT2D eigenvalue weighted by molar-refractivity contribution is 7.19. The first-order valence-corrected chi connectivity index (χ1v) is 19.5. The minimum absolute atomic E-state index is 0.0961. The number of benzene rings is 6. The Balaban J connectivity index is 0.00000161. The molecule has 3 aliphatic carbocycles. The molecule has 0 saturated heterocycles. The molecule has 0 amide bonds. The zero-order valence-electron chi connectivity index (χ0n) is 29.8. The molecule has 0 radical (unpaired) electrons. The molecule has 51 heavy (non-hydrogen) atoms. The molecule has 248 valence electrons. The molecular formula is C49H41NS. The lowest BCUT2D eigenvalue weighted by molar-refractivity contribution is 0.665. The van der Waals surface area contributed by atoms with Crippen LogP contribution in [0.3, 0.4) is 0 Å². The number of para-hydroxylation sites is 1. The van der Waals surface area contributed by atoms with Crippen molar-refractivity contribution < 1.29 is 0 Å². The van der Waals surface area contributed by atoms with E-state index in [0.717, 1.165) is 19.3 Å². The molecule has 0 bridgehead atoms. The van der Waals surface area contributed by atoms with Crippen molar-refractivity contribution in [2.45, 2.75) is 58.3 Å². The molecule has 0 saturated carbocycles. The average Bonchev–Trinajstić information content (AvgIpc) is 3.80. The van der Waals surface area contributed by atoms with Gasteiger partial charge >= 0.3 is 0 Å². The lowest BCUT2D eigenvalue weighted by atomic mass is 9.80. The van der Waals surface area contributed by atoms with Crippen LogP contribution in [0.4, 0.5) is 0 Å². The van der Waals surface area contributed by atoms with Gasteiger partial charge in [-0.2, -0.15) is 0 Å². The van der Waals surface area contributed by atoms with Gasteiger partial charge in [-0.1, -0.05) is 125 Å². The predicted octanol–water partition coefficient (Wildman–Crippen LogP) is 12.2. The smallest absolute Gasteiger partial charge is 0.0541 e. The maximum absolute atomic E-state index is 2.50. The van der Waals surface area contributed by atoms with E-state index in [4.69, 9.17) is 0 Å². The van der Waals surface area contributed by atoms with E-state index in [-0.39, 0.29) is 5.41 Å². The SMILES string of the molecule is CC.CC1(C)c2cc(-n3c4ccccc4c4cc(C5C=c6ccc7ccccc7c6=CC5)ccc43)ccc2-c2ccc3sc4c(c3c21)C=CCC4. The zero-order chi connectivity index (χ0) is 34.4. The molecule has 2 aromatic heterocycles. The molecule has 0 N–H and O–H groups in total. The van der Waals surface area contributed by atoms with E-state index in [1.807, 2.05) is 25.2 Å². The Morgan fingerprint density at radius 1 is 0.745 bits per heavy atom. The van der Waals surface area contributed by atoms with Gasteiger partial charge in [0, 0.05) is 42.8 Å². The maximum atomic E-state index is 2.50. The van der Waals surface area contributed by atoms with E-state index in [9.17, 15) is 0 Å². The number of rotatable bonds is 2. The number of aromatic nitrogens is 1. The fourth-order valence-electron chi connectivity index (χ4n) is 9.42. The number of hydrogen-bond donors (Lipinski definition) is 0. The molecule has 1 nitrogen and oxygen atoms in total. The van der Waals surface area contributed by atoms with Crippen molar-refractivity contribution in [3.05, 3.63) is 153 Å². The van der Waals surface area contributed by atoms with E-state index in [2.05, 4.69) is 152 Å². The van der Waals surface area contributed by atoms with Gasteiger partial charge in [-0.3, -0.25) is 0 Å². The van der Waals surface area contributed by atoms with Crippen molar-refractivity contribution in [2.75, 3.05) is 0 Å². The Hall–Kier alpha value is -5.18. The van der Waals surface area contributed by atoms with Crippen LogP contribution >= 0.6 is 11.3 Å². The molecule has 0 spiro atoms. The summed E-state index contributed by atoms with van der Waals surface area (Å²) in [5.41, 5.74) is 12.2. The van der Waals surface area contributed by atoms with Crippen molar-refractivity contribution in [3.8, 4) is 16.8 Å². The summed E-state index contributed by atoms with van der Waals surface area (Å²) >= 11 is 2.00. The quantitative estimate of drug-likeness (QED) is 0.172. The standard InChI is InChI=1S/C47H35NS.C2H6/c1-47(2)40-27-32(19-21-35(40)37-22-24-44-45(46(37)47)38-12-6-8-14-43(38)49-44)48-41-13-7-5-11-36(41)39-26-30(18-23-42(39)48)29-17-20-34-31(25-29)16-15-28-9-3-4-10-33(28)34;1-2/h3-7,9-13,15-16,18-27,29H,8,14,17H2,1-2H3;1-2H3. The van der Waals surface area contributed by atoms with E-state index in [0.29, 0.717) is 5.92 Å². The van der Waals surface area contributed by atoms with E-state index in [1.165, 1.54) is 92.2 Å².